The van der Waals surface area contributed by atoms with Crippen LogP contribution in [0.2, 0.25) is 0 Å². The number of hydrogen-bond acceptors (Lipinski definition) is 2. The van der Waals surface area contributed by atoms with Crippen LogP contribution in [0.3, 0.4) is 0 Å². The Kier molecular flexibility index (Phi) is 4.63. The Balaban J connectivity index is 0.000000371. The van der Waals surface area contributed by atoms with Crippen molar-refractivity contribution in [2.45, 2.75) is 27.7 Å². The first-order valence-electron chi connectivity index (χ1n) is 3.61. The summed E-state index contributed by atoms with van der Waals surface area (Å²) in [7, 11) is 0. The van der Waals surface area contributed by atoms with Gasteiger partial charge in [0.25, 0.3) is 0 Å². The van der Waals surface area contributed by atoms with Crippen molar-refractivity contribution in [1.29, 1.82) is 0 Å². The summed E-state index contributed by atoms with van der Waals surface area (Å²) < 4.78 is 4.90. The van der Waals surface area contributed by atoms with E-state index in [1.807, 2.05) is 27.7 Å². The van der Waals surface area contributed by atoms with Crippen molar-refractivity contribution >= 4 is 6.40 Å². The van der Waals surface area contributed by atoms with Crippen LogP contribution in [-0.4, -0.2) is 13.0 Å². The van der Waals surface area contributed by atoms with Crippen LogP contribution in [0.5, 0.6) is 0 Å². The van der Waals surface area contributed by atoms with Crippen LogP contribution in [0.4, 0.5) is 0 Å². The summed E-state index contributed by atoms with van der Waals surface area (Å²) >= 11 is 0. The highest BCUT2D eigenvalue weighted by atomic mass is 16.5. The first-order chi connectivity index (χ1) is 4.80. The third kappa shape index (κ3) is 2.67. The largest absolute Gasteiger partial charge is 0.479 e. The second-order valence-electron chi connectivity index (χ2n) is 1.91. The lowest BCUT2D eigenvalue weighted by Gasteiger charge is -2.07. The summed E-state index contributed by atoms with van der Waals surface area (Å²) in [6.07, 6.45) is 1.49. The molecule has 0 amide bonds. The van der Waals surface area contributed by atoms with Crippen LogP contribution in [0, 0.1) is 0 Å². The highest BCUT2D eigenvalue weighted by Crippen LogP contribution is 2.07. The maximum Gasteiger partial charge on any atom is 0.174 e. The lowest BCUT2D eigenvalue weighted by molar-refractivity contribution is 0.347. The molecule has 0 atom stereocenters. The third-order valence-electron chi connectivity index (χ3n) is 1.24. The highest BCUT2D eigenvalue weighted by molar-refractivity contribution is 5.51. The Morgan fingerprint density at radius 1 is 1.40 bits per heavy atom. The molecule has 2 nitrogen and oxygen atoms in total. The average Bonchev–Trinajstić information content (AvgIpc) is 2.00. The number of allylic oxidation sites excluding steroid dienone is 1. The minimum atomic E-state index is 0.704. The quantitative estimate of drug-likeness (QED) is 0.507. The van der Waals surface area contributed by atoms with E-state index >= 15 is 0 Å². The molecular formula is C8H15NO. The van der Waals surface area contributed by atoms with Gasteiger partial charge in [0.15, 0.2) is 6.40 Å². The van der Waals surface area contributed by atoms with Gasteiger partial charge in [-0.3, -0.25) is 0 Å². The van der Waals surface area contributed by atoms with E-state index in [1.165, 1.54) is 12.0 Å². The molecule has 0 saturated heterocycles. The summed E-state index contributed by atoms with van der Waals surface area (Å²) in [4.78, 5) is 3.94. The lowest BCUT2D eigenvalue weighted by atomic mass is 10.2. The summed E-state index contributed by atoms with van der Waals surface area (Å²) in [6.45, 7) is 8.70. The van der Waals surface area contributed by atoms with Crippen molar-refractivity contribution in [2.24, 2.45) is 4.99 Å². The second-order valence-corrected chi connectivity index (χ2v) is 1.91. The maximum absolute atomic E-state index is 4.90. The number of rotatable bonds is 0. The molecule has 0 bridgehead atoms. The first kappa shape index (κ1) is 9.21. The Labute approximate surface area is 62.6 Å². The molecule has 1 heterocycles. The van der Waals surface area contributed by atoms with Gasteiger partial charge < -0.3 is 4.74 Å². The molecule has 0 radical (unpaired) electrons. The fourth-order valence-electron chi connectivity index (χ4n) is 0.493. The van der Waals surface area contributed by atoms with Crippen LogP contribution in [-0.2, 0) is 4.74 Å². The molecule has 0 spiro atoms. The van der Waals surface area contributed by atoms with E-state index < -0.39 is 0 Å². The SMILES string of the molecule is CC.CC1=C(C)N=COC1. The molecule has 0 aromatic rings. The van der Waals surface area contributed by atoms with Crippen molar-refractivity contribution in [3.8, 4) is 0 Å². The smallest absolute Gasteiger partial charge is 0.174 e. The van der Waals surface area contributed by atoms with Gasteiger partial charge in [-0.1, -0.05) is 13.8 Å². The molecule has 1 rings (SSSR count). The van der Waals surface area contributed by atoms with Crippen LogP contribution < -0.4 is 0 Å². The number of nitrogens with zero attached hydrogens (tertiary/aromatic N) is 1. The van der Waals surface area contributed by atoms with Crippen molar-refractivity contribution in [3.63, 3.8) is 0 Å². The molecule has 0 unspecified atom stereocenters. The van der Waals surface area contributed by atoms with Gasteiger partial charge in [-0.25, -0.2) is 4.99 Å². The summed E-state index contributed by atoms with van der Waals surface area (Å²) in [5.74, 6) is 0. The number of hydrogen-bond donors (Lipinski definition) is 0. The van der Waals surface area contributed by atoms with Crippen LogP contribution >= 0.6 is 0 Å². The molecule has 0 aliphatic carbocycles. The molecule has 10 heavy (non-hydrogen) atoms. The van der Waals surface area contributed by atoms with Gasteiger partial charge in [0.1, 0.15) is 6.61 Å². The van der Waals surface area contributed by atoms with E-state index in [2.05, 4.69) is 4.99 Å². The van der Waals surface area contributed by atoms with Crippen molar-refractivity contribution in [2.75, 3.05) is 6.61 Å². The molecule has 0 aromatic carbocycles. The first-order valence-corrected chi connectivity index (χ1v) is 3.61. The van der Waals surface area contributed by atoms with Crippen molar-refractivity contribution < 1.29 is 4.74 Å². The van der Waals surface area contributed by atoms with Gasteiger partial charge >= 0.3 is 0 Å². The fourth-order valence-corrected chi connectivity index (χ4v) is 0.493. The second kappa shape index (κ2) is 5.03. The van der Waals surface area contributed by atoms with Crippen LogP contribution in [0.15, 0.2) is 16.3 Å². The van der Waals surface area contributed by atoms with Crippen molar-refractivity contribution in [1.82, 2.24) is 0 Å². The minimum Gasteiger partial charge on any atom is -0.479 e. The molecule has 0 N–H and O–H groups in total. The minimum absolute atomic E-state index is 0.704. The Morgan fingerprint density at radius 3 is 2.30 bits per heavy atom. The van der Waals surface area contributed by atoms with Gasteiger partial charge in [0.05, 0.1) is 0 Å². The Morgan fingerprint density at radius 2 is 2.00 bits per heavy atom. The monoisotopic (exact) mass is 141 g/mol. The molecule has 0 aromatic heterocycles. The normalized spacial score (nSPS) is 15.6. The maximum atomic E-state index is 4.90. The highest BCUT2D eigenvalue weighted by Gasteiger charge is 1.98. The lowest BCUT2D eigenvalue weighted by Crippen LogP contribution is -2.00. The zero-order valence-electron chi connectivity index (χ0n) is 7.14. The Hall–Kier alpha value is -0.790. The Bertz CT molecular complexity index is 147. The molecule has 1 aliphatic heterocycles. The van der Waals surface area contributed by atoms with E-state index in [0.717, 1.165) is 5.70 Å². The zero-order chi connectivity index (χ0) is 7.98. The predicted molar refractivity (Wildman–Crippen MR) is 44.2 cm³/mol. The molecule has 1 aliphatic rings. The summed E-state index contributed by atoms with van der Waals surface area (Å²) in [6, 6.07) is 0. The molecule has 2 heteroatoms. The third-order valence-corrected chi connectivity index (χ3v) is 1.24. The number of ether oxygens (including phenoxy) is 1. The van der Waals surface area contributed by atoms with Gasteiger partial charge in [-0.2, -0.15) is 0 Å². The molecule has 0 fully saturated rings. The number of aliphatic imine (C=N–C) groups is 1. The molecule has 0 saturated carbocycles. The zero-order valence-corrected chi connectivity index (χ0v) is 7.14. The van der Waals surface area contributed by atoms with E-state index in [1.54, 1.807) is 0 Å². The van der Waals surface area contributed by atoms with Crippen LogP contribution in [0.25, 0.3) is 0 Å². The van der Waals surface area contributed by atoms with Crippen LogP contribution in [0.1, 0.15) is 27.7 Å². The van der Waals surface area contributed by atoms with Gasteiger partial charge in [0, 0.05) is 5.70 Å². The summed E-state index contributed by atoms with van der Waals surface area (Å²) in [5, 5.41) is 0. The summed E-state index contributed by atoms with van der Waals surface area (Å²) in [5.41, 5.74) is 2.30. The van der Waals surface area contributed by atoms with E-state index in [4.69, 9.17) is 4.74 Å². The van der Waals surface area contributed by atoms with Gasteiger partial charge in [-0.05, 0) is 19.4 Å². The average molecular weight is 141 g/mol. The van der Waals surface area contributed by atoms with E-state index in [0.29, 0.717) is 6.61 Å². The molecular weight excluding hydrogens is 126 g/mol. The van der Waals surface area contributed by atoms with E-state index in [-0.39, 0.29) is 0 Å². The van der Waals surface area contributed by atoms with Gasteiger partial charge in [0.2, 0.25) is 0 Å². The van der Waals surface area contributed by atoms with E-state index in [9.17, 15) is 0 Å². The van der Waals surface area contributed by atoms with Crippen molar-refractivity contribution in [3.05, 3.63) is 11.3 Å². The fraction of sp³-hybridized carbons (Fsp3) is 0.625. The predicted octanol–water partition coefficient (Wildman–Crippen LogP) is 2.37. The standard InChI is InChI=1S/C6H9NO.C2H6/c1-5-3-8-4-7-6(5)2;1-2/h4H,3H2,1-2H3;1-2H3. The molecule has 58 valence electrons. The topological polar surface area (TPSA) is 21.6 Å². The van der Waals surface area contributed by atoms with Gasteiger partial charge in [-0.15, -0.1) is 0 Å².